The molecule has 0 radical (unpaired) electrons. The lowest BCUT2D eigenvalue weighted by molar-refractivity contribution is 0.137. The molecule has 2 rings (SSSR count). The van der Waals surface area contributed by atoms with Crippen LogP contribution >= 0.6 is 0 Å². The van der Waals surface area contributed by atoms with E-state index in [1.807, 2.05) is 7.11 Å². The SMILES string of the molecule is COCCN(CCC1CCCC1)CC1CCCN1. The lowest BCUT2D eigenvalue weighted by atomic mass is 10.0. The number of nitrogens with zero attached hydrogens (tertiary/aromatic N) is 1. The highest BCUT2D eigenvalue weighted by atomic mass is 16.5. The molecular formula is C15H30N2O. The van der Waals surface area contributed by atoms with Gasteiger partial charge in [0.1, 0.15) is 0 Å². The van der Waals surface area contributed by atoms with Gasteiger partial charge in [0.2, 0.25) is 0 Å². The van der Waals surface area contributed by atoms with Crippen LogP contribution in [0.2, 0.25) is 0 Å². The fourth-order valence-electron chi connectivity index (χ4n) is 3.40. The number of ether oxygens (including phenoxy) is 1. The number of hydrogen-bond donors (Lipinski definition) is 1. The van der Waals surface area contributed by atoms with Gasteiger partial charge < -0.3 is 10.1 Å². The summed E-state index contributed by atoms with van der Waals surface area (Å²) in [6.45, 7) is 5.67. The second-order valence-corrected chi connectivity index (χ2v) is 6.03. The molecule has 1 N–H and O–H groups in total. The molecule has 1 aliphatic carbocycles. The van der Waals surface area contributed by atoms with E-state index in [-0.39, 0.29) is 0 Å². The summed E-state index contributed by atoms with van der Waals surface area (Å²) in [5.74, 6) is 1.01. The first-order valence-electron chi connectivity index (χ1n) is 7.83. The smallest absolute Gasteiger partial charge is 0.0589 e. The monoisotopic (exact) mass is 254 g/mol. The molecule has 3 nitrogen and oxygen atoms in total. The summed E-state index contributed by atoms with van der Waals surface area (Å²) in [5, 5.41) is 3.61. The van der Waals surface area contributed by atoms with Gasteiger partial charge in [0.15, 0.2) is 0 Å². The fraction of sp³-hybridized carbons (Fsp3) is 1.00. The Morgan fingerprint density at radius 3 is 2.61 bits per heavy atom. The highest BCUT2D eigenvalue weighted by Crippen LogP contribution is 2.27. The van der Waals surface area contributed by atoms with Crippen LogP contribution in [0.3, 0.4) is 0 Å². The summed E-state index contributed by atoms with van der Waals surface area (Å²) in [5.41, 5.74) is 0. The zero-order chi connectivity index (χ0) is 12.6. The van der Waals surface area contributed by atoms with Crippen LogP contribution in [0, 0.1) is 5.92 Å². The molecule has 18 heavy (non-hydrogen) atoms. The second kappa shape index (κ2) is 8.13. The van der Waals surface area contributed by atoms with E-state index < -0.39 is 0 Å². The predicted molar refractivity (Wildman–Crippen MR) is 75.9 cm³/mol. The molecule has 1 saturated heterocycles. The summed E-state index contributed by atoms with van der Waals surface area (Å²) in [4.78, 5) is 2.62. The Bertz CT molecular complexity index is 211. The van der Waals surface area contributed by atoms with Gasteiger partial charge in [0.25, 0.3) is 0 Å². The van der Waals surface area contributed by atoms with Gasteiger partial charge >= 0.3 is 0 Å². The summed E-state index contributed by atoms with van der Waals surface area (Å²) < 4.78 is 5.25. The lowest BCUT2D eigenvalue weighted by Crippen LogP contribution is -2.40. The van der Waals surface area contributed by atoms with Crippen molar-refractivity contribution < 1.29 is 4.74 Å². The molecule has 1 unspecified atom stereocenters. The molecule has 1 atom stereocenters. The van der Waals surface area contributed by atoms with Crippen LogP contribution in [0.25, 0.3) is 0 Å². The molecular weight excluding hydrogens is 224 g/mol. The van der Waals surface area contributed by atoms with E-state index in [1.165, 1.54) is 64.6 Å². The van der Waals surface area contributed by atoms with E-state index >= 15 is 0 Å². The van der Waals surface area contributed by atoms with Crippen molar-refractivity contribution in [2.45, 2.75) is 51.0 Å². The molecule has 106 valence electrons. The second-order valence-electron chi connectivity index (χ2n) is 6.03. The Kier molecular flexibility index (Phi) is 6.46. The Hall–Kier alpha value is -0.120. The largest absolute Gasteiger partial charge is 0.383 e. The topological polar surface area (TPSA) is 24.5 Å². The fourth-order valence-corrected chi connectivity index (χ4v) is 3.40. The van der Waals surface area contributed by atoms with Gasteiger partial charge in [0.05, 0.1) is 6.61 Å². The van der Waals surface area contributed by atoms with Gasteiger partial charge in [-0.1, -0.05) is 25.7 Å². The van der Waals surface area contributed by atoms with Crippen molar-refractivity contribution in [1.82, 2.24) is 10.2 Å². The van der Waals surface area contributed by atoms with Crippen LogP contribution in [0.4, 0.5) is 0 Å². The number of nitrogens with one attached hydrogen (secondary N) is 1. The molecule has 1 saturated carbocycles. The van der Waals surface area contributed by atoms with Crippen LogP contribution in [0.5, 0.6) is 0 Å². The highest BCUT2D eigenvalue weighted by molar-refractivity contribution is 4.79. The number of rotatable bonds is 8. The van der Waals surface area contributed by atoms with Crippen molar-refractivity contribution >= 4 is 0 Å². The normalized spacial score (nSPS) is 25.3. The first-order chi connectivity index (χ1) is 8.88. The summed E-state index contributed by atoms with van der Waals surface area (Å²) in [7, 11) is 1.81. The van der Waals surface area contributed by atoms with Crippen molar-refractivity contribution in [2.24, 2.45) is 5.92 Å². The van der Waals surface area contributed by atoms with E-state index in [1.54, 1.807) is 0 Å². The Balaban J connectivity index is 1.68. The maximum absolute atomic E-state index is 5.25. The third-order valence-electron chi connectivity index (χ3n) is 4.58. The Morgan fingerprint density at radius 1 is 1.11 bits per heavy atom. The Labute approximate surface area is 112 Å². The van der Waals surface area contributed by atoms with E-state index in [9.17, 15) is 0 Å². The minimum Gasteiger partial charge on any atom is -0.383 e. The summed E-state index contributed by atoms with van der Waals surface area (Å²) in [6.07, 6.45) is 9.98. The quantitative estimate of drug-likeness (QED) is 0.719. The van der Waals surface area contributed by atoms with E-state index in [0.29, 0.717) is 0 Å². The molecule has 0 aromatic carbocycles. The van der Waals surface area contributed by atoms with Crippen molar-refractivity contribution in [3.63, 3.8) is 0 Å². The first-order valence-corrected chi connectivity index (χ1v) is 7.83. The summed E-state index contributed by atoms with van der Waals surface area (Å²) >= 11 is 0. The molecule has 0 spiro atoms. The van der Waals surface area contributed by atoms with Gasteiger partial charge in [-0.2, -0.15) is 0 Å². The van der Waals surface area contributed by atoms with Gasteiger partial charge in [-0.3, -0.25) is 4.90 Å². The number of hydrogen-bond acceptors (Lipinski definition) is 3. The average Bonchev–Trinajstić information content (AvgIpc) is 3.05. The van der Waals surface area contributed by atoms with Crippen LogP contribution in [0.1, 0.15) is 44.9 Å². The minimum absolute atomic E-state index is 0.727. The van der Waals surface area contributed by atoms with Gasteiger partial charge in [-0.15, -0.1) is 0 Å². The third-order valence-corrected chi connectivity index (χ3v) is 4.58. The Morgan fingerprint density at radius 2 is 1.94 bits per heavy atom. The molecule has 1 heterocycles. The first kappa shape index (κ1) is 14.3. The van der Waals surface area contributed by atoms with Crippen LogP contribution in [-0.4, -0.2) is 50.8 Å². The van der Waals surface area contributed by atoms with Crippen LogP contribution in [-0.2, 0) is 4.74 Å². The molecule has 2 fully saturated rings. The van der Waals surface area contributed by atoms with Crippen LogP contribution in [0.15, 0.2) is 0 Å². The molecule has 1 aliphatic heterocycles. The number of methoxy groups -OCH3 is 1. The molecule has 0 bridgehead atoms. The van der Waals surface area contributed by atoms with E-state index in [2.05, 4.69) is 10.2 Å². The highest BCUT2D eigenvalue weighted by Gasteiger charge is 2.20. The van der Waals surface area contributed by atoms with Crippen molar-refractivity contribution in [3.05, 3.63) is 0 Å². The van der Waals surface area contributed by atoms with Crippen molar-refractivity contribution in [2.75, 3.05) is 39.9 Å². The van der Waals surface area contributed by atoms with E-state index in [4.69, 9.17) is 4.74 Å². The molecule has 3 heteroatoms. The average molecular weight is 254 g/mol. The van der Waals surface area contributed by atoms with Crippen molar-refractivity contribution in [3.8, 4) is 0 Å². The maximum atomic E-state index is 5.25. The molecule has 0 aromatic heterocycles. The van der Waals surface area contributed by atoms with Gasteiger partial charge in [-0.25, -0.2) is 0 Å². The third kappa shape index (κ3) is 4.87. The lowest BCUT2D eigenvalue weighted by Gasteiger charge is -2.26. The van der Waals surface area contributed by atoms with Crippen LogP contribution < -0.4 is 5.32 Å². The van der Waals surface area contributed by atoms with Gasteiger partial charge in [0, 0.05) is 26.2 Å². The van der Waals surface area contributed by atoms with E-state index in [0.717, 1.165) is 25.1 Å². The van der Waals surface area contributed by atoms with Gasteiger partial charge in [-0.05, 0) is 38.3 Å². The minimum atomic E-state index is 0.727. The zero-order valence-corrected chi connectivity index (χ0v) is 12.0. The molecule has 2 aliphatic rings. The molecule has 0 amide bonds. The molecule has 0 aromatic rings. The maximum Gasteiger partial charge on any atom is 0.0589 e. The standard InChI is InChI=1S/C15H30N2O/c1-18-12-11-17(13-15-7-4-9-16-15)10-8-14-5-2-3-6-14/h14-16H,2-13H2,1H3. The van der Waals surface area contributed by atoms with Crippen molar-refractivity contribution in [1.29, 1.82) is 0 Å². The summed E-state index contributed by atoms with van der Waals surface area (Å²) in [6, 6.07) is 0.727. The predicted octanol–water partition coefficient (Wildman–Crippen LogP) is 2.27. The zero-order valence-electron chi connectivity index (χ0n) is 12.0.